The van der Waals surface area contributed by atoms with Crippen molar-refractivity contribution >= 4 is 44.1 Å². The number of anilines is 1. The van der Waals surface area contributed by atoms with E-state index in [4.69, 9.17) is 9.15 Å². The first-order valence-electron chi connectivity index (χ1n) is 7.10. The van der Waals surface area contributed by atoms with E-state index >= 15 is 0 Å². The van der Waals surface area contributed by atoms with Gasteiger partial charge in [-0.15, -0.1) is 11.3 Å². The van der Waals surface area contributed by atoms with Crippen LogP contribution in [0.5, 0.6) is 0 Å². The van der Waals surface area contributed by atoms with Gasteiger partial charge in [-0.1, -0.05) is 15.9 Å². The number of aryl methyl sites for hydroxylation is 1. The Hall–Kier alpha value is -1.60. The van der Waals surface area contributed by atoms with Crippen LogP contribution in [-0.2, 0) is 10.1 Å². The molecular formula is C16H18BrNO4S. The summed E-state index contributed by atoms with van der Waals surface area (Å²) in [6.45, 7) is 7.32. The van der Waals surface area contributed by atoms with Crippen LogP contribution in [0.4, 0.5) is 5.00 Å². The number of halogens is 1. The second kappa shape index (κ2) is 7.31. The Morgan fingerprint density at radius 3 is 2.61 bits per heavy atom. The van der Waals surface area contributed by atoms with Crippen molar-refractivity contribution in [1.82, 2.24) is 0 Å². The average Bonchev–Trinajstić information content (AvgIpc) is 3.04. The first-order chi connectivity index (χ1) is 10.8. The van der Waals surface area contributed by atoms with Crippen LogP contribution in [0.25, 0.3) is 0 Å². The van der Waals surface area contributed by atoms with Gasteiger partial charge in [0.2, 0.25) is 0 Å². The normalized spacial score (nSPS) is 10.9. The fraction of sp³-hybridized carbons (Fsp3) is 0.375. The molecule has 124 valence electrons. The molecule has 0 radical (unpaired) electrons. The number of carbonyl (C=O) groups excluding carboxylic acids is 2. The Labute approximate surface area is 147 Å². The van der Waals surface area contributed by atoms with Gasteiger partial charge in [-0.05, 0) is 45.4 Å². The van der Waals surface area contributed by atoms with Crippen LogP contribution in [0.2, 0.25) is 0 Å². The van der Waals surface area contributed by atoms with Gasteiger partial charge in [0.1, 0.15) is 10.8 Å². The Bertz CT molecular complexity index is 733. The molecule has 23 heavy (non-hydrogen) atoms. The molecule has 0 spiro atoms. The SMILES string of the molecule is Cc1sc(NC(=O)c2ccc(CBr)o2)c(C(=O)OC(C)C)c1C. The Kier molecular flexibility index (Phi) is 5.64. The molecule has 0 aromatic carbocycles. The zero-order valence-corrected chi connectivity index (χ0v) is 15.8. The molecule has 1 N–H and O–H groups in total. The number of amides is 1. The van der Waals surface area contributed by atoms with Crippen LogP contribution in [0.1, 0.15) is 51.0 Å². The lowest BCUT2D eigenvalue weighted by Gasteiger charge is -2.10. The molecule has 2 heterocycles. The molecular weight excluding hydrogens is 382 g/mol. The first-order valence-corrected chi connectivity index (χ1v) is 9.04. The first kappa shape index (κ1) is 17.7. The van der Waals surface area contributed by atoms with Crippen molar-refractivity contribution in [2.24, 2.45) is 0 Å². The van der Waals surface area contributed by atoms with E-state index < -0.39 is 11.9 Å². The summed E-state index contributed by atoms with van der Waals surface area (Å²) >= 11 is 4.62. The van der Waals surface area contributed by atoms with E-state index in [1.165, 1.54) is 11.3 Å². The highest BCUT2D eigenvalue weighted by Crippen LogP contribution is 2.33. The molecule has 2 rings (SSSR count). The van der Waals surface area contributed by atoms with Crippen LogP contribution >= 0.6 is 27.3 Å². The molecule has 0 bridgehead atoms. The van der Waals surface area contributed by atoms with E-state index in [-0.39, 0.29) is 11.9 Å². The summed E-state index contributed by atoms with van der Waals surface area (Å²) in [5, 5.41) is 3.76. The van der Waals surface area contributed by atoms with Crippen LogP contribution < -0.4 is 5.32 Å². The van der Waals surface area contributed by atoms with Crippen LogP contribution in [0.3, 0.4) is 0 Å². The fourth-order valence-electron chi connectivity index (χ4n) is 1.97. The molecule has 0 atom stereocenters. The molecule has 7 heteroatoms. The molecule has 5 nitrogen and oxygen atoms in total. The van der Waals surface area contributed by atoms with E-state index in [1.54, 1.807) is 26.0 Å². The zero-order chi connectivity index (χ0) is 17.1. The maximum Gasteiger partial charge on any atom is 0.341 e. The summed E-state index contributed by atoms with van der Waals surface area (Å²) in [6, 6.07) is 3.33. The number of thiophene rings is 1. The van der Waals surface area contributed by atoms with Crippen molar-refractivity contribution in [2.45, 2.75) is 39.1 Å². The Morgan fingerprint density at radius 2 is 2.04 bits per heavy atom. The highest BCUT2D eigenvalue weighted by Gasteiger charge is 2.24. The summed E-state index contributed by atoms with van der Waals surface area (Å²) in [4.78, 5) is 25.5. The second-order valence-corrected chi connectivity index (χ2v) is 7.08. The third-order valence-electron chi connectivity index (χ3n) is 3.18. The number of rotatable bonds is 5. The predicted octanol–water partition coefficient (Wildman–Crippen LogP) is 4.67. The molecule has 2 aromatic heterocycles. The van der Waals surface area contributed by atoms with Gasteiger partial charge in [-0.2, -0.15) is 0 Å². The van der Waals surface area contributed by atoms with Gasteiger partial charge in [0.25, 0.3) is 5.91 Å². The van der Waals surface area contributed by atoms with E-state index in [2.05, 4.69) is 21.2 Å². The van der Waals surface area contributed by atoms with Gasteiger partial charge in [0, 0.05) is 4.88 Å². The van der Waals surface area contributed by atoms with Gasteiger partial charge in [-0.25, -0.2) is 4.79 Å². The number of furan rings is 1. The van der Waals surface area contributed by atoms with Crippen molar-refractivity contribution in [1.29, 1.82) is 0 Å². The highest BCUT2D eigenvalue weighted by atomic mass is 79.9. The van der Waals surface area contributed by atoms with Crippen molar-refractivity contribution in [3.05, 3.63) is 39.7 Å². The average molecular weight is 400 g/mol. The van der Waals surface area contributed by atoms with Gasteiger partial charge in [0.15, 0.2) is 5.76 Å². The smallest absolute Gasteiger partial charge is 0.341 e. The summed E-state index contributed by atoms with van der Waals surface area (Å²) in [6.07, 6.45) is -0.225. The summed E-state index contributed by atoms with van der Waals surface area (Å²) in [5.41, 5.74) is 1.22. The maximum absolute atomic E-state index is 12.3. The maximum atomic E-state index is 12.3. The van der Waals surface area contributed by atoms with Crippen molar-refractivity contribution in [3.8, 4) is 0 Å². The third kappa shape index (κ3) is 4.03. The van der Waals surface area contributed by atoms with Gasteiger partial charge in [-0.3, -0.25) is 4.79 Å². The van der Waals surface area contributed by atoms with Crippen LogP contribution in [0, 0.1) is 13.8 Å². The summed E-state index contributed by atoms with van der Waals surface area (Å²) < 4.78 is 10.7. The van der Waals surface area contributed by atoms with Crippen molar-refractivity contribution in [2.75, 3.05) is 5.32 Å². The van der Waals surface area contributed by atoms with Gasteiger partial charge >= 0.3 is 5.97 Å². The number of hydrogen-bond donors (Lipinski definition) is 1. The summed E-state index contributed by atoms with van der Waals surface area (Å²) in [7, 11) is 0. The molecule has 2 aromatic rings. The number of hydrogen-bond acceptors (Lipinski definition) is 5. The van der Waals surface area contributed by atoms with E-state index in [0.29, 0.717) is 21.7 Å². The van der Waals surface area contributed by atoms with Crippen LogP contribution in [-0.4, -0.2) is 18.0 Å². The van der Waals surface area contributed by atoms with Crippen molar-refractivity contribution < 1.29 is 18.7 Å². The monoisotopic (exact) mass is 399 g/mol. The minimum atomic E-state index is -0.433. The van der Waals surface area contributed by atoms with Crippen LogP contribution in [0.15, 0.2) is 16.5 Å². The lowest BCUT2D eigenvalue weighted by atomic mass is 10.1. The molecule has 0 saturated carbocycles. The molecule has 0 aliphatic heterocycles. The number of nitrogens with one attached hydrogen (secondary N) is 1. The van der Waals surface area contributed by atoms with E-state index in [0.717, 1.165) is 10.4 Å². The molecule has 0 aliphatic carbocycles. The third-order valence-corrected chi connectivity index (χ3v) is 4.85. The van der Waals surface area contributed by atoms with E-state index in [9.17, 15) is 9.59 Å². The molecule has 0 saturated heterocycles. The lowest BCUT2D eigenvalue weighted by molar-refractivity contribution is 0.0379. The predicted molar refractivity (Wildman–Crippen MR) is 93.6 cm³/mol. The largest absolute Gasteiger partial charge is 0.459 e. The molecule has 0 aliphatic rings. The Morgan fingerprint density at radius 1 is 1.35 bits per heavy atom. The van der Waals surface area contributed by atoms with E-state index in [1.807, 2.05) is 13.8 Å². The molecule has 1 amide bonds. The summed E-state index contributed by atoms with van der Waals surface area (Å²) in [5.74, 6) is 0.0363. The number of alkyl halides is 1. The molecule has 0 unspecified atom stereocenters. The van der Waals surface area contributed by atoms with Gasteiger partial charge in [0.05, 0.1) is 17.0 Å². The molecule has 0 fully saturated rings. The second-order valence-electron chi connectivity index (χ2n) is 5.30. The minimum absolute atomic E-state index is 0.200. The quantitative estimate of drug-likeness (QED) is 0.585. The lowest BCUT2D eigenvalue weighted by Crippen LogP contribution is -2.16. The van der Waals surface area contributed by atoms with Crippen molar-refractivity contribution in [3.63, 3.8) is 0 Å². The standard InChI is InChI=1S/C16H18BrNO4S/c1-8(2)21-16(20)13-9(3)10(4)23-15(13)18-14(19)12-6-5-11(7-17)22-12/h5-6,8H,7H2,1-4H3,(H,18,19). The minimum Gasteiger partial charge on any atom is -0.459 e. The number of esters is 1. The zero-order valence-electron chi connectivity index (χ0n) is 13.4. The topological polar surface area (TPSA) is 68.5 Å². The Balaban J connectivity index is 2.27. The number of carbonyl (C=O) groups is 2. The van der Waals surface area contributed by atoms with Gasteiger partial charge < -0.3 is 14.5 Å². The number of ether oxygens (including phenoxy) is 1. The highest BCUT2D eigenvalue weighted by molar-refractivity contribution is 9.08. The fourth-order valence-corrected chi connectivity index (χ4v) is 3.32.